The fraction of sp³-hybridized carbons (Fsp3) is 0.611. The third-order valence-electron chi connectivity index (χ3n) is 4.73. The van der Waals surface area contributed by atoms with E-state index in [1.165, 1.54) is 25.7 Å². The van der Waals surface area contributed by atoms with Crippen LogP contribution in [0, 0.1) is 12.8 Å². The summed E-state index contributed by atoms with van der Waals surface area (Å²) in [5.41, 5.74) is 2.43. The number of carbonyl (C=O) groups excluding carboxylic acids is 1. The Bertz CT molecular complexity index is 592. The van der Waals surface area contributed by atoms with Gasteiger partial charge in [-0.25, -0.2) is 0 Å². The summed E-state index contributed by atoms with van der Waals surface area (Å²) in [4.78, 5) is 16.5. The fourth-order valence-electron chi connectivity index (χ4n) is 3.55. The van der Waals surface area contributed by atoms with Crippen molar-refractivity contribution >= 4 is 11.7 Å². The van der Waals surface area contributed by atoms with E-state index in [4.69, 9.17) is 9.84 Å². The van der Waals surface area contributed by atoms with Gasteiger partial charge in [0.25, 0.3) is 0 Å². The van der Waals surface area contributed by atoms with Crippen LogP contribution in [0.4, 0.5) is 0 Å². The minimum absolute atomic E-state index is 0.179. The second-order valence-corrected chi connectivity index (χ2v) is 6.49. The highest BCUT2D eigenvalue weighted by Gasteiger charge is 2.33. The summed E-state index contributed by atoms with van der Waals surface area (Å²) in [5.74, 6) is 0.509. The average Bonchev–Trinajstić information content (AvgIpc) is 2.55. The van der Waals surface area contributed by atoms with Crippen LogP contribution in [0.15, 0.2) is 23.3 Å². The summed E-state index contributed by atoms with van der Waals surface area (Å²) in [5, 5.41) is 7.03. The zero-order valence-corrected chi connectivity index (χ0v) is 14.0. The molecular weight excluding hydrogens is 290 g/mol. The van der Waals surface area contributed by atoms with Crippen molar-refractivity contribution in [1.29, 1.82) is 0 Å². The third-order valence-corrected chi connectivity index (χ3v) is 4.73. The SMILES string of the molecule is CCOC(=O)C/C(=N/N1CC2CCC1CC2)c1cccc(C)n1. The molecule has 5 heteroatoms. The monoisotopic (exact) mass is 315 g/mol. The molecule has 0 unspecified atom stereocenters. The molecule has 2 aliphatic heterocycles. The summed E-state index contributed by atoms with van der Waals surface area (Å²) >= 11 is 0. The molecular formula is C18H25N3O2. The van der Waals surface area contributed by atoms with E-state index >= 15 is 0 Å². The van der Waals surface area contributed by atoms with Gasteiger partial charge in [0.1, 0.15) is 0 Å². The molecule has 0 radical (unpaired) electrons. The molecule has 5 nitrogen and oxygen atoms in total. The summed E-state index contributed by atoms with van der Waals surface area (Å²) < 4.78 is 5.11. The first-order chi connectivity index (χ1) is 11.2. The molecule has 1 saturated carbocycles. The Balaban J connectivity index is 1.85. The summed E-state index contributed by atoms with van der Waals surface area (Å²) in [6.45, 7) is 5.17. The van der Waals surface area contributed by atoms with Gasteiger partial charge < -0.3 is 4.74 Å². The first-order valence-electron chi connectivity index (χ1n) is 8.59. The highest BCUT2D eigenvalue weighted by molar-refractivity contribution is 6.08. The highest BCUT2D eigenvalue weighted by Crippen LogP contribution is 2.35. The second-order valence-electron chi connectivity index (χ2n) is 6.49. The van der Waals surface area contributed by atoms with Crippen molar-refractivity contribution in [3.05, 3.63) is 29.6 Å². The van der Waals surface area contributed by atoms with Crippen molar-refractivity contribution in [3.63, 3.8) is 0 Å². The number of aromatic nitrogens is 1. The average molecular weight is 315 g/mol. The van der Waals surface area contributed by atoms with Crippen molar-refractivity contribution in [1.82, 2.24) is 9.99 Å². The number of carbonyl (C=O) groups is 1. The van der Waals surface area contributed by atoms with Crippen LogP contribution >= 0.6 is 0 Å². The maximum atomic E-state index is 12.0. The second kappa shape index (κ2) is 7.11. The number of rotatable bonds is 5. The molecule has 124 valence electrons. The van der Waals surface area contributed by atoms with E-state index in [1.54, 1.807) is 0 Å². The summed E-state index contributed by atoms with van der Waals surface area (Å²) in [6, 6.07) is 6.35. The predicted molar refractivity (Wildman–Crippen MR) is 89.2 cm³/mol. The molecule has 0 atom stereocenters. The molecule has 1 aliphatic carbocycles. The third kappa shape index (κ3) is 3.89. The highest BCUT2D eigenvalue weighted by atomic mass is 16.5. The Morgan fingerprint density at radius 2 is 2.13 bits per heavy atom. The normalized spacial score (nSPS) is 23.9. The van der Waals surface area contributed by atoms with Crippen molar-refractivity contribution in [2.45, 2.75) is 52.0 Å². The van der Waals surface area contributed by atoms with Crippen LogP contribution < -0.4 is 0 Å². The van der Waals surface area contributed by atoms with Crippen LogP contribution in [0.3, 0.4) is 0 Å². The van der Waals surface area contributed by atoms with Gasteiger partial charge in [-0.2, -0.15) is 5.10 Å². The predicted octanol–water partition coefficient (Wildman–Crippen LogP) is 2.92. The Morgan fingerprint density at radius 1 is 1.35 bits per heavy atom. The molecule has 0 spiro atoms. The number of hydrazone groups is 1. The van der Waals surface area contributed by atoms with Crippen LogP contribution in [-0.4, -0.2) is 40.9 Å². The van der Waals surface area contributed by atoms with Crippen LogP contribution in [0.5, 0.6) is 0 Å². The van der Waals surface area contributed by atoms with Crippen molar-refractivity contribution in [3.8, 4) is 0 Å². The number of ether oxygens (including phenoxy) is 1. The topological polar surface area (TPSA) is 54.8 Å². The molecule has 23 heavy (non-hydrogen) atoms. The van der Waals surface area contributed by atoms with Crippen molar-refractivity contribution < 1.29 is 9.53 Å². The number of piperidine rings is 2. The number of esters is 1. The number of hydrogen-bond donors (Lipinski definition) is 0. The van der Waals surface area contributed by atoms with Gasteiger partial charge in [0, 0.05) is 18.3 Å². The standard InChI is InChI=1S/C18H25N3O2/c1-3-23-18(22)11-17(16-6-4-5-13(2)19-16)20-21-12-14-7-9-15(21)10-8-14/h4-6,14-15H,3,7-12H2,1-2H3/b20-17-. The molecule has 2 bridgehead atoms. The molecule has 1 aromatic heterocycles. The van der Waals surface area contributed by atoms with Gasteiger partial charge in [-0.1, -0.05) is 6.07 Å². The molecule has 2 saturated heterocycles. The molecule has 1 aromatic rings. The van der Waals surface area contributed by atoms with E-state index in [-0.39, 0.29) is 12.4 Å². The van der Waals surface area contributed by atoms with Gasteiger partial charge in [-0.15, -0.1) is 0 Å². The van der Waals surface area contributed by atoms with Gasteiger partial charge in [-0.3, -0.25) is 14.8 Å². The van der Waals surface area contributed by atoms with Crippen LogP contribution in [0.25, 0.3) is 0 Å². The number of fused-ring (bicyclic) bond motifs is 3. The summed E-state index contributed by atoms with van der Waals surface area (Å²) in [7, 11) is 0. The number of aryl methyl sites for hydroxylation is 1. The summed E-state index contributed by atoms with van der Waals surface area (Å²) in [6.07, 6.45) is 5.22. The largest absolute Gasteiger partial charge is 0.466 e. The Kier molecular flexibility index (Phi) is 4.94. The molecule has 0 amide bonds. The van der Waals surface area contributed by atoms with Gasteiger partial charge in [-0.05, 0) is 57.6 Å². The first kappa shape index (κ1) is 16.0. The Morgan fingerprint density at radius 3 is 2.74 bits per heavy atom. The van der Waals surface area contributed by atoms with E-state index in [9.17, 15) is 4.79 Å². The zero-order valence-electron chi connectivity index (χ0n) is 14.0. The Labute approximate surface area is 137 Å². The molecule has 3 heterocycles. The molecule has 3 fully saturated rings. The Hall–Kier alpha value is -1.91. The number of hydrogen-bond acceptors (Lipinski definition) is 5. The minimum atomic E-state index is -0.239. The molecule has 3 aliphatic rings. The van der Waals surface area contributed by atoms with Gasteiger partial charge >= 0.3 is 5.97 Å². The van der Waals surface area contributed by atoms with Gasteiger partial charge in [0.2, 0.25) is 0 Å². The smallest absolute Gasteiger partial charge is 0.312 e. The number of pyridine rings is 1. The van der Waals surface area contributed by atoms with Gasteiger partial charge in [0.15, 0.2) is 0 Å². The lowest BCUT2D eigenvalue weighted by Gasteiger charge is -2.44. The van der Waals surface area contributed by atoms with Crippen LogP contribution in [-0.2, 0) is 9.53 Å². The van der Waals surface area contributed by atoms with Crippen LogP contribution in [0.2, 0.25) is 0 Å². The quantitative estimate of drug-likeness (QED) is 0.619. The molecule has 0 aromatic carbocycles. The van der Waals surface area contributed by atoms with E-state index in [0.717, 1.165) is 29.6 Å². The van der Waals surface area contributed by atoms with E-state index < -0.39 is 0 Å². The molecule has 0 N–H and O–H groups in total. The zero-order chi connectivity index (χ0) is 16.2. The lowest BCUT2D eigenvalue weighted by molar-refractivity contribution is -0.141. The van der Waals surface area contributed by atoms with Crippen molar-refractivity contribution in [2.75, 3.05) is 13.2 Å². The van der Waals surface area contributed by atoms with Gasteiger partial charge in [0.05, 0.1) is 24.4 Å². The minimum Gasteiger partial charge on any atom is -0.466 e. The van der Waals surface area contributed by atoms with Crippen LogP contribution in [0.1, 0.15) is 50.4 Å². The first-order valence-corrected chi connectivity index (χ1v) is 8.59. The lowest BCUT2D eigenvalue weighted by Crippen LogP contribution is -2.45. The van der Waals surface area contributed by atoms with E-state index in [0.29, 0.717) is 12.6 Å². The lowest BCUT2D eigenvalue weighted by atomic mass is 9.81. The maximum Gasteiger partial charge on any atom is 0.312 e. The maximum absolute atomic E-state index is 12.0. The number of nitrogens with zero attached hydrogens (tertiary/aromatic N) is 3. The van der Waals surface area contributed by atoms with E-state index in [1.807, 2.05) is 32.0 Å². The van der Waals surface area contributed by atoms with Crippen molar-refractivity contribution in [2.24, 2.45) is 11.0 Å². The fourth-order valence-corrected chi connectivity index (χ4v) is 3.55. The molecule has 4 rings (SSSR count). The van der Waals surface area contributed by atoms with E-state index in [2.05, 4.69) is 9.99 Å².